The van der Waals surface area contributed by atoms with Crippen molar-refractivity contribution in [3.8, 4) is 0 Å². The molecule has 5 aliphatic rings. The summed E-state index contributed by atoms with van der Waals surface area (Å²) in [6.07, 6.45) is 27.4. The van der Waals surface area contributed by atoms with Crippen molar-refractivity contribution in [1.82, 2.24) is 0 Å². The molecule has 1 aliphatic heterocycles. The van der Waals surface area contributed by atoms with Gasteiger partial charge in [0.05, 0.1) is 12.4 Å². The van der Waals surface area contributed by atoms with E-state index in [1.165, 1.54) is 136 Å². The molecular formula is C45H64HfN2. The molecule has 4 fully saturated rings. The second-order valence-corrected chi connectivity index (χ2v) is 15.1. The maximum atomic E-state index is 6.00. The van der Waals surface area contributed by atoms with Crippen molar-refractivity contribution in [3.63, 3.8) is 0 Å². The van der Waals surface area contributed by atoms with E-state index in [0.717, 1.165) is 11.8 Å². The molecule has 0 bridgehead atoms. The molecular weight excluding hydrogens is 747 g/mol. The first kappa shape index (κ1) is 40.6. The van der Waals surface area contributed by atoms with Gasteiger partial charge in [-0.25, -0.2) is 0 Å². The molecule has 7 rings (SSSR count). The van der Waals surface area contributed by atoms with Crippen LogP contribution in [0.15, 0.2) is 66.4 Å². The summed E-state index contributed by atoms with van der Waals surface area (Å²) < 4.78 is 2.36. The third-order valence-corrected chi connectivity index (χ3v) is 12.3. The zero-order valence-corrected chi connectivity index (χ0v) is 34.6. The number of hydrogen-bond donors (Lipinski definition) is 0. The van der Waals surface area contributed by atoms with E-state index < -0.39 is 0 Å². The summed E-state index contributed by atoms with van der Waals surface area (Å²) >= 11 is 0. The van der Waals surface area contributed by atoms with Crippen molar-refractivity contribution in [2.75, 3.05) is 0 Å². The van der Waals surface area contributed by atoms with E-state index in [2.05, 4.69) is 79.1 Å². The van der Waals surface area contributed by atoms with Crippen molar-refractivity contribution >= 4 is 12.4 Å². The summed E-state index contributed by atoms with van der Waals surface area (Å²) in [4.78, 5) is 0. The number of hydrogen-bond acceptors (Lipinski definition) is 0. The Morgan fingerprint density at radius 3 is 1.90 bits per heavy atom. The zero-order chi connectivity index (χ0) is 30.0. The predicted octanol–water partition coefficient (Wildman–Crippen LogP) is 13.5. The van der Waals surface area contributed by atoms with Crippen LogP contribution in [-0.2, 0) is 25.8 Å². The van der Waals surface area contributed by atoms with Gasteiger partial charge in [0.2, 0.25) is 0 Å². The molecule has 2 aromatic carbocycles. The Kier molecular flexibility index (Phi) is 15.5. The van der Waals surface area contributed by atoms with Gasteiger partial charge in [0.25, 0.3) is 0 Å². The van der Waals surface area contributed by atoms with E-state index >= 15 is 0 Å². The summed E-state index contributed by atoms with van der Waals surface area (Å²) in [6.45, 7) is 9.53. The summed E-state index contributed by atoms with van der Waals surface area (Å²) in [5, 5.41) is 6.00. The van der Waals surface area contributed by atoms with Crippen LogP contribution in [0.5, 0.6) is 0 Å². The summed E-state index contributed by atoms with van der Waals surface area (Å²) in [5.74, 6) is 4.05. The fourth-order valence-corrected chi connectivity index (χ4v) is 10.0. The van der Waals surface area contributed by atoms with Gasteiger partial charge in [-0.3, -0.25) is 4.58 Å². The van der Waals surface area contributed by atoms with E-state index in [1.54, 1.807) is 0 Å². The van der Waals surface area contributed by atoms with Crippen LogP contribution < -0.4 is 0 Å². The SMILES string of the molecule is C=[N+]1C(C([N-]c2c(C3CCCC3)cccc2C2CCCC2)c2ccccc2C(C)C)=CC=C[C-]1C1CCCC2CCCCC21.[CH3-].[CH3-].[CH3-].[Hf+4]. The molecule has 0 saturated heterocycles. The average molecular weight is 812 g/mol. The molecule has 0 radical (unpaired) electrons. The predicted molar refractivity (Wildman–Crippen MR) is 205 cm³/mol. The fraction of sp³-hybridized carbons (Fsp3) is 0.533. The van der Waals surface area contributed by atoms with Gasteiger partial charge in [-0.15, -0.1) is 11.8 Å². The van der Waals surface area contributed by atoms with E-state index in [0.29, 0.717) is 23.7 Å². The Hall–Kier alpha value is -1.87. The van der Waals surface area contributed by atoms with Crippen molar-refractivity contribution in [2.45, 2.75) is 134 Å². The molecule has 0 N–H and O–H groups in total. The minimum atomic E-state index is -0.0699. The largest absolute Gasteiger partial charge is 4.00 e. The van der Waals surface area contributed by atoms with Gasteiger partial charge in [0.15, 0.2) is 0 Å². The Morgan fingerprint density at radius 1 is 0.708 bits per heavy atom. The summed E-state index contributed by atoms with van der Waals surface area (Å²) in [7, 11) is 0. The topological polar surface area (TPSA) is 17.1 Å². The molecule has 0 spiro atoms. The molecule has 0 amide bonds. The summed E-state index contributed by atoms with van der Waals surface area (Å²) in [5.41, 5.74) is 8.38. The molecule has 0 aromatic heterocycles. The van der Waals surface area contributed by atoms with Crippen molar-refractivity contribution in [1.29, 1.82) is 0 Å². The Labute approximate surface area is 315 Å². The second kappa shape index (κ2) is 18.4. The van der Waals surface area contributed by atoms with Crippen LogP contribution in [-0.4, -0.2) is 11.3 Å². The molecule has 3 heteroatoms. The average Bonchev–Trinajstić information content (AvgIpc) is 3.79. The Morgan fingerprint density at radius 2 is 1.27 bits per heavy atom. The first-order valence-electron chi connectivity index (χ1n) is 18.4. The maximum absolute atomic E-state index is 6.00. The van der Waals surface area contributed by atoms with Gasteiger partial charge < -0.3 is 27.6 Å². The first-order valence-corrected chi connectivity index (χ1v) is 18.4. The van der Waals surface area contributed by atoms with Crippen molar-refractivity contribution in [2.24, 2.45) is 17.8 Å². The second-order valence-electron chi connectivity index (χ2n) is 15.1. The third-order valence-electron chi connectivity index (χ3n) is 12.3. The molecule has 4 atom stereocenters. The smallest absolute Gasteiger partial charge is 0.677 e. The van der Waals surface area contributed by atoms with Gasteiger partial charge in [-0.2, -0.15) is 0 Å². The van der Waals surface area contributed by atoms with E-state index in [1.807, 2.05) is 0 Å². The van der Waals surface area contributed by atoms with Crippen LogP contribution in [0.25, 0.3) is 5.32 Å². The molecule has 258 valence electrons. The number of fused-ring (bicyclic) bond motifs is 1. The monoisotopic (exact) mass is 812 g/mol. The van der Waals surface area contributed by atoms with Crippen LogP contribution in [0.3, 0.4) is 0 Å². The normalized spacial score (nSPS) is 24.8. The van der Waals surface area contributed by atoms with E-state index in [4.69, 9.17) is 12.0 Å². The van der Waals surface area contributed by atoms with Gasteiger partial charge >= 0.3 is 25.8 Å². The van der Waals surface area contributed by atoms with Crippen LogP contribution >= 0.6 is 0 Å². The molecule has 1 heterocycles. The minimum absolute atomic E-state index is 0. The number of benzene rings is 2. The molecule has 2 nitrogen and oxygen atoms in total. The Balaban J connectivity index is 0.00000156. The summed E-state index contributed by atoms with van der Waals surface area (Å²) in [6, 6.07) is 17.7. The zero-order valence-electron chi connectivity index (χ0n) is 31.0. The standard InChI is InChI=1S/C42H55N2.3CH3.Hf/c1-29(2)33-21-10-11-23-38(33)42(40-28-14-27-39(44(40)3)37-26-12-20-30-15-8-9-22-34(30)37)43-41-35(31-16-4-5-17-31)24-13-25-36(41)32-18-6-7-19-32;;;;/h10-11,13-14,21,23-25,27-32,34,37,42H,3-9,12,15-20,22,26H2,1-2H3;3*1H3;/q4*-1;+4. The molecule has 4 saturated carbocycles. The molecule has 4 aliphatic carbocycles. The maximum Gasteiger partial charge on any atom is 4.00 e. The van der Waals surface area contributed by atoms with Gasteiger partial charge in [0, 0.05) is 5.92 Å². The van der Waals surface area contributed by atoms with E-state index in [-0.39, 0.29) is 54.2 Å². The van der Waals surface area contributed by atoms with Crippen molar-refractivity contribution in [3.05, 3.63) is 122 Å². The Bertz CT molecular complexity index is 1340. The van der Waals surface area contributed by atoms with Crippen LogP contribution in [0.4, 0.5) is 5.69 Å². The number of rotatable bonds is 8. The minimum Gasteiger partial charge on any atom is -0.677 e. The van der Waals surface area contributed by atoms with Gasteiger partial charge in [0.1, 0.15) is 6.04 Å². The quantitative estimate of drug-likeness (QED) is 0.144. The van der Waals surface area contributed by atoms with Crippen LogP contribution in [0.1, 0.15) is 156 Å². The van der Waals surface area contributed by atoms with Gasteiger partial charge in [-0.05, 0) is 73.3 Å². The third kappa shape index (κ3) is 8.19. The molecule has 4 unspecified atom stereocenters. The number of para-hydroxylation sites is 1. The number of allylic oxidation sites excluding steroid dienone is 2. The first-order chi connectivity index (χ1) is 21.6. The van der Waals surface area contributed by atoms with Crippen LogP contribution in [0, 0.1) is 46.1 Å². The van der Waals surface area contributed by atoms with Gasteiger partial charge in [-0.1, -0.05) is 149 Å². The van der Waals surface area contributed by atoms with E-state index in [9.17, 15) is 0 Å². The molecule has 48 heavy (non-hydrogen) atoms. The fourth-order valence-electron chi connectivity index (χ4n) is 10.0. The van der Waals surface area contributed by atoms with Crippen molar-refractivity contribution < 1.29 is 30.4 Å². The van der Waals surface area contributed by atoms with Crippen LogP contribution in [0.2, 0.25) is 0 Å². The molecule has 2 aromatic rings. The number of nitrogens with zero attached hydrogens (tertiary/aromatic N) is 2.